The molecule has 2 aliphatic heterocycles. The van der Waals surface area contributed by atoms with E-state index in [-0.39, 0.29) is 28.7 Å². The third kappa shape index (κ3) is 3.27. The molecule has 0 bridgehead atoms. The first-order valence-electron chi connectivity index (χ1n) is 7.27. The highest BCUT2D eigenvalue weighted by atomic mass is 35.5. The molecule has 2 nitrogen and oxygen atoms in total. The number of carbonyl (C=O) groups is 1. The second-order valence-electron chi connectivity index (χ2n) is 5.88. The summed E-state index contributed by atoms with van der Waals surface area (Å²) in [6.07, 6.45) is 2.67. The van der Waals surface area contributed by atoms with Gasteiger partial charge in [0.25, 0.3) is 0 Å². The smallest absolute Gasteiger partial charge is 0.145 e. The second kappa shape index (κ2) is 6.27. The molecule has 2 unspecified atom stereocenters. The van der Waals surface area contributed by atoms with Crippen molar-refractivity contribution in [2.24, 2.45) is 5.92 Å². The zero-order valence-corrected chi connectivity index (χ0v) is 13.3. The van der Waals surface area contributed by atoms with E-state index in [1.807, 2.05) is 11.8 Å². The normalized spacial score (nSPS) is 29.0. The van der Waals surface area contributed by atoms with Crippen LogP contribution in [0.5, 0.6) is 0 Å². The van der Waals surface area contributed by atoms with Crippen molar-refractivity contribution < 1.29 is 13.9 Å². The number of halogens is 2. The molecule has 2 fully saturated rings. The van der Waals surface area contributed by atoms with Crippen molar-refractivity contribution in [3.63, 3.8) is 0 Å². The van der Waals surface area contributed by atoms with E-state index in [4.69, 9.17) is 16.3 Å². The Labute approximate surface area is 133 Å². The molecular formula is C16H18ClFO2S. The van der Waals surface area contributed by atoms with Gasteiger partial charge in [-0.05, 0) is 36.6 Å². The summed E-state index contributed by atoms with van der Waals surface area (Å²) >= 11 is 7.66. The third-order valence-corrected chi connectivity index (χ3v) is 5.93. The van der Waals surface area contributed by atoms with Gasteiger partial charge in [-0.3, -0.25) is 4.79 Å². The maximum absolute atomic E-state index is 13.9. The fraction of sp³-hybridized carbons (Fsp3) is 0.562. The number of carbonyl (C=O) groups excluding carboxylic acids is 1. The molecule has 2 heterocycles. The molecule has 0 saturated carbocycles. The van der Waals surface area contributed by atoms with Crippen molar-refractivity contribution in [1.29, 1.82) is 0 Å². The number of thioether (sulfide) groups is 1. The van der Waals surface area contributed by atoms with E-state index in [0.717, 1.165) is 30.8 Å². The predicted octanol–water partition coefficient (Wildman–Crippen LogP) is 3.89. The highest BCUT2D eigenvalue weighted by molar-refractivity contribution is 7.99. The van der Waals surface area contributed by atoms with Crippen LogP contribution in [-0.4, -0.2) is 29.5 Å². The second-order valence-corrected chi connectivity index (χ2v) is 7.39. The lowest BCUT2D eigenvalue weighted by Crippen LogP contribution is -2.42. The predicted molar refractivity (Wildman–Crippen MR) is 83.5 cm³/mol. The Balaban J connectivity index is 1.69. The van der Waals surface area contributed by atoms with E-state index in [1.54, 1.807) is 12.1 Å². The molecule has 0 N–H and O–H groups in total. The number of hydrogen-bond donors (Lipinski definition) is 0. The number of ketones is 1. The summed E-state index contributed by atoms with van der Waals surface area (Å²) < 4.78 is 19.8. The minimum absolute atomic E-state index is 0.0177. The molecule has 0 radical (unpaired) electrons. The molecule has 2 aliphatic rings. The van der Waals surface area contributed by atoms with E-state index in [2.05, 4.69) is 0 Å². The molecule has 21 heavy (non-hydrogen) atoms. The molecule has 0 amide bonds. The largest absolute Gasteiger partial charge is 0.374 e. The summed E-state index contributed by atoms with van der Waals surface area (Å²) in [5.74, 6) is 1.70. The summed E-state index contributed by atoms with van der Waals surface area (Å²) in [7, 11) is 0. The molecule has 2 atom stereocenters. The molecular weight excluding hydrogens is 311 g/mol. The number of Topliss-reactive ketones (excluding diaryl/α,β-unsaturated/α-hetero) is 1. The van der Waals surface area contributed by atoms with Crippen LogP contribution in [0, 0.1) is 11.7 Å². The highest BCUT2D eigenvalue weighted by Crippen LogP contribution is 2.40. The molecule has 5 heteroatoms. The summed E-state index contributed by atoms with van der Waals surface area (Å²) in [6.45, 7) is 0.634. The Bertz CT molecular complexity index is 543. The summed E-state index contributed by atoms with van der Waals surface area (Å²) in [6, 6.07) is 4.83. The van der Waals surface area contributed by atoms with Crippen molar-refractivity contribution in [3.05, 3.63) is 34.6 Å². The number of benzene rings is 1. The van der Waals surface area contributed by atoms with Crippen LogP contribution in [0.1, 0.15) is 24.8 Å². The lowest BCUT2D eigenvalue weighted by Gasteiger charge is -2.37. The lowest BCUT2D eigenvalue weighted by molar-refractivity contribution is -0.133. The maximum atomic E-state index is 13.9. The summed E-state index contributed by atoms with van der Waals surface area (Å²) in [5, 5.41) is 0.0796. The topological polar surface area (TPSA) is 26.3 Å². The Hall–Kier alpha value is -0.580. The SMILES string of the molecule is O=C(Cc1cccc(Cl)c1F)C1CCOC2(CCSC2)C1. The van der Waals surface area contributed by atoms with Gasteiger partial charge in [0.05, 0.1) is 10.6 Å². The average molecular weight is 329 g/mol. The van der Waals surface area contributed by atoms with Crippen LogP contribution in [-0.2, 0) is 16.0 Å². The standard InChI is InChI=1S/C16H18ClFO2S/c17-13-3-1-2-11(15(13)18)8-14(19)12-4-6-20-16(9-12)5-7-21-10-16/h1-3,12H,4-10H2. The van der Waals surface area contributed by atoms with Crippen LogP contribution < -0.4 is 0 Å². The minimum atomic E-state index is -0.467. The van der Waals surface area contributed by atoms with E-state index in [9.17, 15) is 9.18 Å². The van der Waals surface area contributed by atoms with Gasteiger partial charge in [0.1, 0.15) is 11.6 Å². The van der Waals surface area contributed by atoms with Gasteiger partial charge < -0.3 is 4.74 Å². The Morgan fingerprint density at radius 2 is 2.38 bits per heavy atom. The molecule has 1 aromatic rings. The van der Waals surface area contributed by atoms with Gasteiger partial charge in [0.15, 0.2) is 0 Å². The summed E-state index contributed by atoms with van der Waals surface area (Å²) in [4.78, 5) is 12.5. The zero-order valence-electron chi connectivity index (χ0n) is 11.7. The van der Waals surface area contributed by atoms with Crippen molar-refractivity contribution in [1.82, 2.24) is 0 Å². The van der Waals surface area contributed by atoms with Crippen molar-refractivity contribution >= 4 is 29.1 Å². The van der Waals surface area contributed by atoms with Gasteiger partial charge in [-0.1, -0.05) is 23.7 Å². The average Bonchev–Trinajstić information content (AvgIpc) is 2.92. The van der Waals surface area contributed by atoms with Crippen LogP contribution in [0.4, 0.5) is 4.39 Å². The molecule has 0 aromatic heterocycles. The molecule has 1 spiro atoms. The fourth-order valence-corrected chi connectivity index (χ4v) is 4.76. The van der Waals surface area contributed by atoms with E-state index < -0.39 is 5.82 Å². The first-order chi connectivity index (χ1) is 10.1. The summed E-state index contributed by atoms with van der Waals surface area (Å²) in [5.41, 5.74) is 0.282. The van der Waals surface area contributed by atoms with Crippen molar-refractivity contribution in [3.8, 4) is 0 Å². The van der Waals surface area contributed by atoms with Crippen LogP contribution >= 0.6 is 23.4 Å². The number of hydrogen-bond acceptors (Lipinski definition) is 3. The minimum Gasteiger partial charge on any atom is -0.374 e. The van der Waals surface area contributed by atoms with Gasteiger partial charge >= 0.3 is 0 Å². The van der Waals surface area contributed by atoms with Crippen LogP contribution in [0.25, 0.3) is 0 Å². The highest BCUT2D eigenvalue weighted by Gasteiger charge is 2.42. The van der Waals surface area contributed by atoms with Crippen LogP contribution in [0.3, 0.4) is 0 Å². The van der Waals surface area contributed by atoms with Gasteiger partial charge in [-0.15, -0.1) is 0 Å². The first kappa shape index (κ1) is 15.3. The first-order valence-corrected chi connectivity index (χ1v) is 8.80. The lowest BCUT2D eigenvalue weighted by atomic mass is 9.81. The molecule has 3 rings (SSSR count). The van der Waals surface area contributed by atoms with Gasteiger partial charge in [-0.25, -0.2) is 4.39 Å². The van der Waals surface area contributed by atoms with Gasteiger partial charge in [0.2, 0.25) is 0 Å². The third-order valence-electron chi connectivity index (χ3n) is 4.41. The Morgan fingerprint density at radius 1 is 1.52 bits per heavy atom. The number of rotatable bonds is 3. The molecule has 2 saturated heterocycles. The molecule has 1 aromatic carbocycles. The van der Waals surface area contributed by atoms with Crippen LogP contribution in [0.2, 0.25) is 5.02 Å². The van der Waals surface area contributed by atoms with Gasteiger partial charge in [-0.2, -0.15) is 11.8 Å². The van der Waals surface area contributed by atoms with E-state index >= 15 is 0 Å². The Morgan fingerprint density at radius 3 is 3.14 bits per heavy atom. The number of ether oxygens (including phenoxy) is 1. The monoisotopic (exact) mass is 328 g/mol. The van der Waals surface area contributed by atoms with Crippen molar-refractivity contribution in [2.45, 2.75) is 31.3 Å². The zero-order chi connectivity index (χ0) is 14.9. The van der Waals surface area contributed by atoms with Gasteiger partial charge in [0, 0.05) is 24.7 Å². The van der Waals surface area contributed by atoms with E-state index in [0.29, 0.717) is 12.2 Å². The fourth-order valence-electron chi connectivity index (χ4n) is 3.18. The maximum Gasteiger partial charge on any atom is 0.145 e. The molecule has 114 valence electrons. The quantitative estimate of drug-likeness (QED) is 0.842. The van der Waals surface area contributed by atoms with Crippen LogP contribution in [0.15, 0.2) is 18.2 Å². The molecule has 0 aliphatic carbocycles. The van der Waals surface area contributed by atoms with Crippen molar-refractivity contribution in [2.75, 3.05) is 18.1 Å². The Kier molecular flexibility index (Phi) is 4.57. The van der Waals surface area contributed by atoms with E-state index in [1.165, 1.54) is 6.07 Å².